The van der Waals surface area contributed by atoms with Crippen molar-refractivity contribution in [3.8, 4) is 0 Å². The van der Waals surface area contributed by atoms with Crippen molar-refractivity contribution in [1.82, 2.24) is 9.21 Å². The van der Waals surface area contributed by atoms with E-state index in [9.17, 15) is 13.2 Å². The van der Waals surface area contributed by atoms with Gasteiger partial charge in [-0.05, 0) is 44.0 Å². The molecule has 0 unspecified atom stereocenters. The second-order valence-electron chi connectivity index (χ2n) is 6.74. The van der Waals surface area contributed by atoms with Crippen LogP contribution < -0.4 is 0 Å². The lowest BCUT2D eigenvalue weighted by Crippen LogP contribution is -2.47. The van der Waals surface area contributed by atoms with Gasteiger partial charge in [-0.3, -0.25) is 4.79 Å². The molecule has 0 radical (unpaired) electrons. The van der Waals surface area contributed by atoms with Crippen molar-refractivity contribution in [3.05, 3.63) is 28.7 Å². The Balaban J connectivity index is 2.30. The third-order valence-corrected chi connectivity index (χ3v) is 7.30. The minimum atomic E-state index is -3.60. The van der Waals surface area contributed by atoms with Gasteiger partial charge in [0.15, 0.2) is 0 Å². The van der Waals surface area contributed by atoms with Crippen molar-refractivity contribution in [2.75, 3.05) is 34.3 Å². The van der Waals surface area contributed by atoms with E-state index in [4.69, 9.17) is 4.74 Å². The van der Waals surface area contributed by atoms with Crippen LogP contribution in [-0.4, -0.2) is 63.9 Å². The van der Waals surface area contributed by atoms with Gasteiger partial charge < -0.3 is 9.64 Å². The molecule has 25 heavy (non-hydrogen) atoms. The number of methoxy groups -OCH3 is 1. The monoisotopic (exact) mass is 432 g/mol. The molecule has 1 aromatic rings. The first-order valence-electron chi connectivity index (χ1n) is 8.13. The highest BCUT2D eigenvalue weighted by atomic mass is 79.9. The first-order chi connectivity index (χ1) is 11.6. The van der Waals surface area contributed by atoms with Gasteiger partial charge in [0.2, 0.25) is 15.9 Å². The average molecular weight is 433 g/mol. The van der Waals surface area contributed by atoms with Crippen LogP contribution in [0.25, 0.3) is 0 Å². The lowest BCUT2D eigenvalue weighted by molar-refractivity contribution is -0.147. The number of carbonyl (C=O) groups is 1. The number of benzene rings is 1. The average Bonchev–Trinajstić information content (AvgIpc) is 2.74. The molecule has 6 nitrogen and oxygen atoms in total. The number of amides is 1. The first kappa shape index (κ1) is 20.4. The summed E-state index contributed by atoms with van der Waals surface area (Å²) < 4.78 is 33.7. The van der Waals surface area contributed by atoms with E-state index < -0.39 is 15.4 Å². The Morgan fingerprint density at radius 2 is 1.88 bits per heavy atom. The number of hydrogen-bond donors (Lipinski definition) is 0. The number of hydrogen-bond acceptors (Lipinski definition) is 4. The second-order valence-corrected chi connectivity index (χ2v) is 9.59. The molecule has 140 valence electrons. The highest BCUT2D eigenvalue weighted by Crippen LogP contribution is 2.36. The van der Waals surface area contributed by atoms with Gasteiger partial charge in [-0.1, -0.05) is 15.9 Å². The van der Waals surface area contributed by atoms with Gasteiger partial charge in [0.25, 0.3) is 0 Å². The van der Waals surface area contributed by atoms with E-state index in [0.29, 0.717) is 19.4 Å². The number of nitrogens with zero attached hydrogens (tertiary/aromatic N) is 2. The van der Waals surface area contributed by atoms with E-state index >= 15 is 0 Å². The summed E-state index contributed by atoms with van der Waals surface area (Å²) in [5.41, 5.74) is -0.748. The van der Waals surface area contributed by atoms with E-state index in [-0.39, 0.29) is 23.5 Å². The van der Waals surface area contributed by atoms with Crippen molar-refractivity contribution in [3.63, 3.8) is 0 Å². The maximum Gasteiger partial charge on any atom is 0.243 e. The largest absolute Gasteiger partial charge is 0.380 e. The molecule has 0 spiro atoms. The summed E-state index contributed by atoms with van der Waals surface area (Å²) in [6, 6.07) is 6.59. The zero-order chi connectivity index (χ0) is 18.8. The molecular formula is C17H25BrN2O4S. The van der Waals surface area contributed by atoms with Gasteiger partial charge in [0, 0.05) is 38.8 Å². The van der Waals surface area contributed by atoms with Crippen LogP contribution >= 0.6 is 15.9 Å². The molecular weight excluding hydrogens is 408 g/mol. The van der Waals surface area contributed by atoms with Crippen molar-refractivity contribution in [2.45, 2.75) is 30.8 Å². The molecule has 8 heteroatoms. The van der Waals surface area contributed by atoms with Crippen molar-refractivity contribution in [1.29, 1.82) is 0 Å². The molecule has 1 amide bonds. The minimum absolute atomic E-state index is 0.0396. The normalized spacial score (nSPS) is 25.4. The lowest BCUT2D eigenvalue weighted by atomic mass is 9.79. The highest BCUT2D eigenvalue weighted by Gasteiger charge is 2.45. The fraction of sp³-hybridized carbons (Fsp3) is 0.588. The van der Waals surface area contributed by atoms with Crippen molar-refractivity contribution in [2.24, 2.45) is 5.41 Å². The van der Waals surface area contributed by atoms with Crippen LogP contribution in [0.1, 0.15) is 19.8 Å². The van der Waals surface area contributed by atoms with Crippen molar-refractivity contribution >= 4 is 31.9 Å². The summed E-state index contributed by atoms with van der Waals surface area (Å²) in [4.78, 5) is 14.5. The molecule has 0 aromatic heterocycles. The third-order valence-electron chi connectivity index (χ3n) is 4.86. The van der Waals surface area contributed by atoms with Gasteiger partial charge in [-0.15, -0.1) is 0 Å². The zero-order valence-corrected chi connectivity index (χ0v) is 17.4. The standard InChI is InChI=1S/C17H25BrN2O4S/c1-17(16(21)19(2)3)10-12-20(11-9-15(17)24-4)25(22,23)14-7-5-13(18)6-8-14/h5-8,15H,9-12H2,1-4H3/t15-,17+/m1/s1. The predicted molar refractivity (Wildman–Crippen MR) is 99.7 cm³/mol. The molecule has 0 aliphatic carbocycles. The van der Waals surface area contributed by atoms with Gasteiger partial charge >= 0.3 is 0 Å². The van der Waals surface area contributed by atoms with Crippen LogP contribution in [0.4, 0.5) is 0 Å². The van der Waals surface area contributed by atoms with Gasteiger partial charge in [0.05, 0.1) is 16.4 Å². The second kappa shape index (κ2) is 7.73. The molecule has 1 aliphatic heterocycles. The Bertz CT molecular complexity index is 721. The van der Waals surface area contributed by atoms with Crippen LogP contribution in [0.15, 0.2) is 33.6 Å². The maximum absolute atomic E-state index is 12.9. The summed E-state index contributed by atoms with van der Waals surface area (Å²) in [7, 11) is 1.40. The fourth-order valence-electron chi connectivity index (χ4n) is 3.34. The van der Waals surface area contributed by atoms with E-state index in [0.717, 1.165) is 4.47 Å². The van der Waals surface area contributed by atoms with Crippen LogP contribution in [-0.2, 0) is 19.6 Å². The Labute approximate surface area is 158 Å². The number of ether oxygens (including phenoxy) is 1. The fourth-order valence-corrected chi connectivity index (χ4v) is 5.06. The Kier molecular flexibility index (Phi) is 6.30. The van der Waals surface area contributed by atoms with Gasteiger partial charge in [-0.2, -0.15) is 4.31 Å². The van der Waals surface area contributed by atoms with Gasteiger partial charge in [0.1, 0.15) is 0 Å². The maximum atomic E-state index is 12.9. The quantitative estimate of drug-likeness (QED) is 0.731. The minimum Gasteiger partial charge on any atom is -0.380 e. The Morgan fingerprint density at radius 3 is 2.40 bits per heavy atom. The molecule has 0 N–H and O–H groups in total. The molecule has 0 bridgehead atoms. The smallest absolute Gasteiger partial charge is 0.243 e. The molecule has 2 atom stereocenters. The lowest BCUT2D eigenvalue weighted by Gasteiger charge is -2.35. The number of rotatable bonds is 4. The molecule has 1 fully saturated rings. The molecule has 1 heterocycles. The Morgan fingerprint density at radius 1 is 1.28 bits per heavy atom. The Hall–Kier alpha value is -0.960. The molecule has 1 aliphatic rings. The van der Waals surface area contributed by atoms with E-state index in [1.54, 1.807) is 50.4 Å². The summed E-state index contributed by atoms with van der Waals surface area (Å²) in [6.07, 6.45) is 0.563. The molecule has 0 saturated carbocycles. The molecule has 1 saturated heterocycles. The summed E-state index contributed by atoms with van der Waals surface area (Å²) >= 11 is 3.32. The van der Waals surface area contributed by atoms with Gasteiger partial charge in [-0.25, -0.2) is 8.42 Å². The third kappa shape index (κ3) is 4.07. The molecule has 1 aromatic carbocycles. The number of sulfonamides is 1. The summed E-state index contributed by atoms with van der Waals surface area (Å²) in [5, 5.41) is 0. The van der Waals surface area contributed by atoms with E-state index in [1.165, 1.54) is 4.31 Å². The topological polar surface area (TPSA) is 66.9 Å². The van der Waals surface area contributed by atoms with Crippen molar-refractivity contribution < 1.29 is 17.9 Å². The highest BCUT2D eigenvalue weighted by molar-refractivity contribution is 9.10. The summed E-state index contributed by atoms with van der Waals surface area (Å²) in [5.74, 6) is -0.0396. The SMILES string of the molecule is CO[C@@H]1CCN(S(=O)(=O)c2ccc(Br)cc2)CC[C@]1(C)C(=O)N(C)C. The van der Waals surface area contributed by atoms with E-state index in [2.05, 4.69) is 15.9 Å². The summed E-state index contributed by atoms with van der Waals surface area (Å²) in [6.45, 7) is 2.47. The number of halogens is 1. The zero-order valence-electron chi connectivity index (χ0n) is 15.0. The van der Waals surface area contributed by atoms with Crippen LogP contribution in [0.5, 0.6) is 0 Å². The van der Waals surface area contributed by atoms with Crippen LogP contribution in [0.2, 0.25) is 0 Å². The van der Waals surface area contributed by atoms with Crippen LogP contribution in [0.3, 0.4) is 0 Å². The molecule has 2 rings (SSSR count). The first-order valence-corrected chi connectivity index (χ1v) is 10.4. The predicted octanol–water partition coefficient (Wildman–Crippen LogP) is 2.34. The van der Waals surface area contributed by atoms with Crippen LogP contribution in [0, 0.1) is 5.41 Å². The number of carbonyl (C=O) groups excluding carboxylic acids is 1. The van der Waals surface area contributed by atoms with E-state index in [1.807, 2.05) is 6.92 Å².